The standard InChI is InChI=1S/C13H19NO3/c1-13(2,3)17-12(15)9-6-4-7-8(5-6)16-11(14)10(7)9/h6-10,14H,4-5H2,1-3H3. The minimum Gasteiger partial charge on any atom is -0.477 e. The van der Waals surface area contributed by atoms with E-state index >= 15 is 0 Å². The summed E-state index contributed by atoms with van der Waals surface area (Å²) < 4.78 is 11.0. The summed E-state index contributed by atoms with van der Waals surface area (Å²) in [4.78, 5) is 12.2. The van der Waals surface area contributed by atoms with Gasteiger partial charge in [-0.25, -0.2) is 0 Å². The van der Waals surface area contributed by atoms with E-state index in [0.717, 1.165) is 12.8 Å². The van der Waals surface area contributed by atoms with E-state index in [9.17, 15) is 4.79 Å². The molecular weight excluding hydrogens is 218 g/mol. The second-order valence-electron chi connectivity index (χ2n) is 6.50. The van der Waals surface area contributed by atoms with Crippen LogP contribution in [0.2, 0.25) is 0 Å². The maximum absolute atomic E-state index is 12.2. The number of fused-ring (bicyclic) bond motifs is 1. The summed E-state index contributed by atoms with van der Waals surface area (Å²) in [5.74, 6) is 0.802. The average Bonchev–Trinajstić information content (AvgIpc) is 2.73. The van der Waals surface area contributed by atoms with Crippen molar-refractivity contribution in [3.05, 3.63) is 0 Å². The molecule has 2 bridgehead atoms. The van der Waals surface area contributed by atoms with Crippen LogP contribution in [0, 0.1) is 29.1 Å². The molecule has 17 heavy (non-hydrogen) atoms. The molecule has 1 aliphatic heterocycles. The van der Waals surface area contributed by atoms with Gasteiger partial charge in [-0.15, -0.1) is 0 Å². The molecule has 0 aromatic heterocycles. The Balaban J connectivity index is 1.81. The fourth-order valence-electron chi connectivity index (χ4n) is 3.74. The van der Waals surface area contributed by atoms with Crippen LogP contribution in [-0.2, 0) is 14.3 Å². The van der Waals surface area contributed by atoms with Gasteiger partial charge < -0.3 is 9.47 Å². The van der Waals surface area contributed by atoms with Gasteiger partial charge in [-0.3, -0.25) is 10.2 Å². The van der Waals surface area contributed by atoms with Crippen LogP contribution in [0.3, 0.4) is 0 Å². The Morgan fingerprint density at radius 2 is 2.12 bits per heavy atom. The molecule has 1 saturated heterocycles. The number of carbonyl (C=O) groups is 1. The van der Waals surface area contributed by atoms with Crippen molar-refractivity contribution in [1.29, 1.82) is 5.41 Å². The fraction of sp³-hybridized carbons (Fsp3) is 0.846. The van der Waals surface area contributed by atoms with Crippen LogP contribution in [0.5, 0.6) is 0 Å². The van der Waals surface area contributed by atoms with Crippen LogP contribution in [0.4, 0.5) is 0 Å². The highest BCUT2D eigenvalue weighted by Crippen LogP contribution is 2.58. The molecule has 2 saturated carbocycles. The monoisotopic (exact) mass is 237 g/mol. The first kappa shape index (κ1) is 11.1. The molecule has 3 aliphatic rings. The smallest absolute Gasteiger partial charge is 0.310 e. The molecule has 0 aromatic rings. The van der Waals surface area contributed by atoms with Crippen LogP contribution in [0.15, 0.2) is 0 Å². The van der Waals surface area contributed by atoms with Gasteiger partial charge in [0, 0.05) is 5.92 Å². The lowest BCUT2D eigenvalue weighted by molar-refractivity contribution is -0.162. The molecule has 1 heterocycles. The van der Waals surface area contributed by atoms with Gasteiger partial charge in [0.15, 0.2) is 5.90 Å². The maximum atomic E-state index is 12.2. The number of hydrogen-bond acceptors (Lipinski definition) is 4. The minimum absolute atomic E-state index is 0.00593. The van der Waals surface area contributed by atoms with E-state index in [4.69, 9.17) is 14.9 Å². The lowest BCUT2D eigenvalue weighted by Crippen LogP contribution is -2.37. The molecular formula is C13H19NO3. The Labute approximate surface area is 101 Å². The molecule has 5 atom stereocenters. The van der Waals surface area contributed by atoms with Crippen molar-refractivity contribution in [1.82, 2.24) is 0 Å². The summed E-state index contributed by atoms with van der Waals surface area (Å²) in [6.45, 7) is 5.66. The Morgan fingerprint density at radius 3 is 2.76 bits per heavy atom. The van der Waals surface area contributed by atoms with E-state index in [1.165, 1.54) is 0 Å². The Hall–Kier alpha value is -1.06. The fourth-order valence-corrected chi connectivity index (χ4v) is 3.74. The van der Waals surface area contributed by atoms with Gasteiger partial charge in [-0.1, -0.05) is 0 Å². The molecule has 4 heteroatoms. The first-order valence-electron chi connectivity index (χ1n) is 6.35. The molecule has 94 valence electrons. The zero-order chi connectivity index (χ0) is 12.4. The Kier molecular flexibility index (Phi) is 2.11. The van der Waals surface area contributed by atoms with Gasteiger partial charge in [0.25, 0.3) is 0 Å². The summed E-state index contributed by atoms with van der Waals surface area (Å²) in [6.07, 6.45) is 2.16. The third kappa shape index (κ3) is 1.57. The van der Waals surface area contributed by atoms with Crippen molar-refractivity contribution in [2.75, 3.05) is 0 Å². The summed E-state index contributed by atoms with van der Waals surface area (Å²) in [5.41, 5.74) is -0.444. The predicted molar refractivity (Wildman–Crippen MR) is 61.6 cm³/mol. The average molecular weight is 237 g/mol. The quantitative estimate of drug-likeness (QED) is 0.709. The normalized spacial score (nSPS) is 42.8. The molecule has 0 spiro atoms. The second-order valence-corrected chi connectivity index (χ2v) is 6.50. The third-order valence-corrected chi connectivity index (χ3v) is 4.20. The van der Waals surface area contributed by atoms with Gasteiger partial charge >= 0.3 is 5.97 Å². The van der Waals surface area contributed by atoms with Crippen molar-refractivity contribution in [3.8, 4) is 0 Å². The van der Waals surface area contributed by atoms with Gasteiger partial charge in [0.1, 0.15) is 11.7 Å². The molecule has 3 fully saturated rings. The Bertz CT molecular complexity index is 383. The van der Waals surface area contributed by atoms with Gasteiger partial charge in [-0.2, -0.15) is 0 Å². The molecule has 0 amide bonds. The third-order valence-electron chi connectivity index (χ3n) is 4.20. The number of rotatable bonds is 1. The molecule has 2 aliphatic carbocycles. The van der Waals surface area contributed by atoms with E-state index in [-0.39, 0.29) is 23.9 Å². The molecule has 5 unspecified atom stereocenters. The predicted octanol–water partition coefficient (Wildman–Crippen LogP) is 1.98. The highest BCUT2D eigenvalue weighted by atomic mass is 16.6. The first-order valence-corrected chi connectivity index (χ1v) is 6.35. The lowest BCUT2D eigenvalue weighted by Gasteiger charge is -2.27. The van der Waals surface area contributed by atoms with E-state index < -0.39 is 5.60 Å². The summed E-state index contributed by atoms with van der Waals surface area (Å²) in [6, 6.07) is 0. The molecule has 0 radical (unpaired) electrons. The number of carbonyl (C=O) groups excluding carboxylic acids is 1. The van der Waals surface area contributed by atoms with Crippen LogP contribution in [0.25, 0.3) is 0 Å². The van der Waals surface area contributed by atoms with Gasteiger partial charge in [0.2, 0.25) is 0 Å². The van der Waals surface area contributed by atoms with Crippen molar-refractivity contribution < 1.29 is 14.3 Å². The number of hydrogen-bond donors (Lipinski definition) is 1. The lowest BCUT2D eigenvalue weighted by atomic mass is 9.80. The summed E-state index contributed by atoms with van der Waals surface area (Å²) in [7, 11) is 0. The van der Waals surface area contributed by atoms with Gasteiger partial charge in [0.05, 0.1) is 11.8 Å². The number of esters is 1. The maximum Gasteiger partial charge on any atom is 0.310 e. The van der Waals surface area contributed by atoms with Crippen molar-refractivity contribution in [2.24, 2.45) is 23.7 Å². The zero-order valence-electron chi connectivity index (χ0n) is 10.5. The van der Waals surface area contributed by atoms with Crippen molar-refractivity contribution >= 4 is 11.9 Å². The van der Waals surface area contributed by atoms with E-state index in [2.05, 4.69) is 0 Å². The molecule has 1 N–H and O–H groups in total. The number of ether oxygens (including phenoxy) is 2. The van der Waals surface area contributed by atoms with E-state index in [1.807, 2.05) is 20.8 Å². The van der Waals surface area contributed by atoms with E-state index in [1.54, 1.807) is 0 Å². The minimum atomic E-state index is -0.444. The summed E-state index contributed by atoms with van der Waals surface area (Å²) >= 11 is 0. The van der Waals surface area contributed by atoms with Gasteiger partial charge in [-0.05, 0) is 39.5 Å². The van der Waals surface area contributed by atoms with E-state index in [0.29, 0.717) is 17.7 Å². The SMILES string of the molecule is CC(C)(C)OC(=O)C1C2CC3OC(=N)C1C3C2. The van der Waals surface area contributed by atoms with Crippen LogP contribution >= 0.6 is 0 Å². The largest absolute Gasteiger partial charge is 0.477 e. The molecule has 3 rings (SSSR count). The molecule has 0 aromatic carbocycles. The number of nitrogens with one attached hydrogen (secondary N) is 1. The van der Waals surface area contributed by atoms with Crippen molar-refractivity contribution in [2.45, 2.75) is 45.3 Å². The summed E-state index contributed by atoms with van der Waals surface area (Å²) in [5, 5.41) is 7.86. The zero-order valence-corrected chi connectivity index (χ0v) is 10.5. The van der Waals surface area contributed by atoms with Crippen molar-refractivity contribution in [3.63, 3.8) is 0 Å². The van der Waals surface area contributed by atoms with Crippen LogP contribution in [-0.4, -0.2) is 23.6 Å². The van der Waals surface area contributed by atoms with Crippen LogP contribution in [0.1, 0.15) is 33.6 Å². The first-order chi connectivity index (χ1) is 7.87. The molecule has 4 nitrogen and oxygen atoms in total. The topological polar surface area (TPSA) is 59.4 Å². The highest BCUT2D eigenvalue weighted by molar-refractivity contribution is 5.87. The Morgan fingerprint density at radius 1 is 1.41 bits per heavy atom. The second kappa shape index (κ2) is 3.24. The van der Waals surface area contributed by atoms with Crippen LogP contribution < -0.4 is 0 Å². The highest BCUT2D eigenvalue weighted by Gasteiger charge is 2.63.